The average molecular weight is 282 g/mol. The van der Waals surface area contributed by atoms with Crippen molar-refractivity contribution in [3.05, 3.63) is 17.5 Å². The third-order valence-electron chi connectivity index (χ3n) is 3.64. The fourth-order valence-corrected chi connectivity index (χ4v) is 2.88. The van der Waals surface area contributed by atoms with Gasteiger partial charge in [-0.3, -0.25) is 4.98 Å². The standard InChI is InChI=1S/C12H16ClN5O/c13-10-6-14-7-11(16-10)17-4-1-2-9(8-17)18-5-3-15-12(18)19/h6-7,9H,1-5,8H2,(H,15,19). The summed E-state index contributed by atoms with van der Waals surface area (Å²) < 4.78 is 0. The summed E-state index contributed by atoms with van der Waals surface area (Å²) >= 11 is 5.88. The number of carbonyl (C=O) groups excluding carboxylic acids is 1. The van der Waals surface area contributed by atoms with Crippen LogP contribution in [0.25, 0.3) is 0 Å². The fraction of sp³-hybridized carbons (Fsp3) is 0.583. The highest BCUT2D eigenvalue weighted by Gasteiger charge is 2.31. The minimum Gasteiger partial charge on any atom is -0.353 e. The van der Waals surface area contributed by atoms with Crippen LogP contribution in [0, 0.1) is 0 Å². The van der Waals surface area contributed by atoms with E-state index in [1.54, 1.807) is 6.20 Å². The number of carbonyl (C=O) groups is 1. The summed E-state index contributed by atoms with van der Waals surface area (Å²) in [5.74, 6) is 0.789. The Hall–Kier alpha value is -1.56. The van der Waals surface area contributed by atoms with Crippen LogP contribution in [0.15, 0.2) is 12.4 Å². The molecule has 1 N–H and O–H groups in total. The normalized spacial score (nSPS) is 23.6. The highest BCUT2D eigenvalue weighted by atomic mass is 35.5. The minimum atomic E-state index is 0.0454. The van der Waals surface area contributed by atoms with E-state index < -0.39 is 0 Å². The predicted octanol–water partition coefficient (Wildman–Crippen LogP) is 1.12. The first kappa shape index (κ1) is 12.5. The minimum absolute atomic E-state index is 0.0454. The molecule has 2 fully saturated rings. The van der Waals surface area contributed by atoms with Gasteiger partial charge in [0.1, 0.15) is 11.0 Å². The Kier molecular flexibility index (Phi) is 3.42. The van der Waals surface area contributed by atoms with Gasteiger partial charge in [-0.15, -0.1) is 0 Å². The Morgan fingerprint density at radius 1 is 1.37 bits per heavy atom. The zero-order valence-corrected chi connectivity index (χ0v) is 11.3. The first-order chi connectivity index (χ1) is 9.24. The van der Waals surface area contributed by atoms with Crippen LogP contribution in [0.3, 0.4) is 0 Å². The molecule has 7 heteroatoms. The van der Waals surface area contributed by atoms with Crippen LogP contribution < -0.4 is 10.2 Å². The molecule has 3 rings (SSSR count). The average Bonchev–Trinajstić information content (AvgIpc) is 2.85. The highest BCUT2D eigenvalue weighted by molar-refractivity contribution is 6.29. The van der Waals surface area contributed by atoms with E-state index in [0.29, 0.717) is 5.15 Å². The number of amides is 2. The number of hydrogen-bond acceptors (Lipinski definition) is 4. The lowest BCUT2D eigenvalue weighted by Gasteiger charge is -2.37. The molecule has 2 saturated heterocycles. The molecule has 102 valence electrons. The van der Waals surface area contributed by atoms with Gasteiger partial charge in [0, 0.05) is 26.2 Å². The van der Waals surface area contributed by atoms with Gasteiger partial charge in [-0.1, -0.05) is 11.6 Å². The molecule has 0 spiro atoms. The van der Waals surface area contributed by atoms with Crippen LogP contribution >= 0.6 is 11.6 Å². The summed E-state index contributed by atoms with van der Waals surface area (Å²) in [6.45, 7) is 3.26. The van der Waals surface area contributed by atoms with Crippen molar-refractivity contribution in [1.82, 2.24) is 20.2 Å². The van der Waals surface area contributed by atoms with Crippen molar-refractivity contribution >= 4 is 23.4 Å². The van der Waals surface area contributed by atoms with Crippen LogP contribution in [-0.4, -0.2) is 53.1 Å². The van der Waals surface area contributed by atoms with E-state index in [1.165, 1.54) is 6.20 Å². The Morgan fingerprint density at radius 2 is 2.26 bits per heavy atom. The van der Waals surface area contributed by atoms with Gasteiger partial charge in [0.15, 0.2) is 0 Å². The van der Waals surface area contributed by atoms with E-state index in [0.717, 1.165) is 44.8 Å². The molecule has 2 amide bonds. The van der Waals surface area contributed by atoms with Crippen LogP contribution in [0.1, 0.15) is 12.8 Å². The fourth-order valence-electron chi connectivity index (χ4n) is 2.74. The maximum Gasteiger partial charge on any atom is 0.317 e. The van der Waals surface area contributed by atoms with Gasteiger partial charge in [0.05, 0.1) is 18.4 Å². The summed E-state index contributed by atoms with van der Waals surface area (Å²) in [5, 5.41) is 3.25. The second kappa shape index (κ2) is 5.21. The molecule has 0 saturated carbocycles. The maximum absolute atomic E-state index is 11.7. The number of hydrogen-bond donors (Lipinski definition) is 1. The van der Waals surface area contributed by atoms with Crippen LogP contribution in [0.2, 0.25) is 5.15 Å². The van der Waals surface area contributed by atoms with Crippen molar-refractivity contribution < 1.29 is 4.79 Å². The van der Waals surface area contributed by atoms with Crippen molar-refractivity contribution in [1.29, 1.82) is 0 Å². The monoisotopic (exact) mass is 281 g/mol. The smallest absolute Gasteiger partial charge is 0.317 e. The molecule has 6 nitrogen and oxygen atoms in total. The van der Waals surface area contributed by atoms with Crippen LogP contribution in [0.4, 0.5) is 10.6 Å². The number of piperidine rings is 1. The number of nitrogens with one attached hydrogen (secondary N) is 1. The van der Waals surface area contributed by atoms with E-state index in [2.05, 4.69) is 20.2 Å². The third-order valence-corrected chi connectivity index (χ3v) is 3.83. The van der Waals surface area contributed by atoms with Gasteiger partial charge in [-0.05, 0) is 12.8 Å². The Morgan fingerprint density at radius 3 is 3.00 bits per heavy atom. The molecule has 1 atom stereocenters. The van der Waals surface area contributed by atoms with Crippen LogP contribution in [0.5, 0.6) is 0 Å². The molecule has 2 aliphatic rings. The molecule has 1 aromatic rings. The number of urea groups is 1. The lowest BCUT2D eigenvalue weighted by molar-refractivity contribution is 0.189. The lowest BCUT2D eigenvalue weighted by Crippen LogP contribution is -2.49. The van der Waals surface area contributed by atoms with E-state index >= 15 is 0 Å². The number of nitrogens with zero attached hydrogens (tertiary/aromatic N) is 4. The van der Waals surface area contributed by atoms with Gasteiger partial charge in [-0.25, -0.2) is 9.78 Å². The number of halogens is 1. The van der Waals surface area contributed by atoms with Gasteiger partial charge < -0.3 is 15.1 Å². The van der Waals surface area contributed by atoms with Gasteiger partial charge in [-0.2, -0.15) is 0 Å². The molecular weight excluding hydrogens is 266 g/mol. The zero-order valence-electron chi connectivity index (χ0n) is 10.5. The topological polar surface area (TPSA) is 61.4 Å². The molecule has 0 bridgehead atoms. The summed E-state index contributed by atoms with van der Waals surface area (Å²) in [5.41, 5.74) is 0. The van der Waals surface area contributed by atoms with E-state index in [9.17, 15) is 4.79 Å². The Labute approximate surface area is 116 Å². The summed E-state index contributed by atoms with van der Waals surface area (Å²) in [6.07, 6.45) is 5.33. The quantitative estimate of drug-likeness (QED) is 0.883. The summed E-state index contributed by atoms with van der Waals surface area (Å²) in [7, 11) is 0. The van der Waals surface area contributed by atoms with E-state index in [-0.39, 0.29) is 12.1 Å². The highest BCUT2D eigenvalue weighted by Crippen LogP contribution is 2.22. The van der Waals surface area contributed by atoms with E-state index in [1.807, 2.05) is 4.90 Å². The number of anilines is 1. The molecule has 0 aromatic carbocycles. The van der Waals surface area contributed by atoms with Crippen molar-refractivity contribution in [2.45, 2.75) is 18.9 Å². The molecule has 1 aromatic heterocycles. The van der Waals surface area contributed by atoms with Crippen molar-refractivity contribution in [3.8, 4) is 0 Å². The van der Waals surface area contributed by atoms with Crippen molar-refractivity contribution in [2.75, 3.05) is 31.1 Å². The van der Waals surface area contributed by atoms with Gasteiger partial charge in [0.2, 0.25) is 0 Å². The second-order valence-electron chi connectivity index (χ2n) is 4.87. The molecule has 2 aliphatic heterocycles. The molecular formula is C12H16ClN5O. The molecule has 0 radical (unpaired) electrons. The van der Waals surface area contributed by atoms with Crippen molar-refractivity contribution in [2.24, 2.45) is 0 Å². The maximum atomic E-state index is 11.7. The largest absolute Gasteiger partial charge is 0.353 e. The molecule has 0 aliphatic carbocycles. The SMILES string of the molecule is O=C1NCCN1C1CCCN(c2cncc(Cl)n2)C1. The van der Waals surface area contributed by atoms with Crippen LogP contribution in [-0.2, 0) is 0 Å². The third kappa shape index (κ3) is 2.58. The van der Waals surface area contributed by atoms with Crippen molar-refractivity contribution in [3.63, 3.8) is 0 Å². The van der Waals surface area contributed by atoms with E-state index in [4.69, 9.17) is 11.6 Å². The lowest BCUT2D eigenvalue weighted by atomic mass is 10.0. The summed E-state index contributed by atoms with van der Waals surface area (Å²) in [6, 6.07) is 0.293. The first-order valence-electron chi connectivity index (χ1n) is 6.51. The molecule has 1 unspecified atom stereocenters. The predicted molar refractivity (Wildman–Crippen MR) is 72.4 cm³/mol. The Balaban J connectivity index is 1.72. The van der Waals surface area contributed by atoms with Gasteiger partial charge >= 0.3 is 6.03 Å². The number of aromatic nitrogens is 2. The summed E-state index contributed by atoms with van der Waals surface area (Å²) in [4.78, 5) is 24.1. The second-order valence-corrected chi connectivity index (χ2v) is 5.25. The van der Waals surface area contributed by atoms with Gasteiger partial charge in [0.25, 0.3) is 0 Å². The number of rotatable bonds is 2. The zero-order chi connectivity index (χ0) is 13.2. The first-order valence-corrected chi connectivity index (χ1v) is 6.89. The molecule has 19 heavy (non-hydrogen) atoms. The Bertz CT molecular complexity index is 483. The molecule has 3 heterocycles.